The maximum absolute atomic E-state index is 8.88. The van der Waals surface area contributed by atoms with E-state index in [1.54, 1.807) is 7.11 Å². The Kier molecular flexibility index (Phi) is 1.60. The van der Waals surface area contributed by atoms with Gasteiger partial charge in [0.1, 0.15) is 0 Å². The zero-order valence-electron chi connectivity index (χ0n) is 6.47. The van der Waals surface area contributed by atoms with Crippen LogP contribution in [-0.4, -0.2) is 24.4 Å². The Balaban J connectivity index is 2.61. The fraction of sp³-hybridized carbons (Fsp3) is 0.714. The van der Waals surface area contributed by atoms with Gasteiger partial charge in [-0.15, -0.1) is 0 Å². The topological polar surface area (TPSA) is 38.7 Å². The molecule has 0 radical (unpaired) electrons. The fourth-order valence-electron chi connectivity index (χ4n) is 0.959. The van der Waals surface area contributed by atoms with E-state index in [1.165, 1.54) is 0 Å². The molecule has 1 N–H and O–H groups in total. The van der Waals surface area contributed by atoms with Crippen molar-refractivity contribution >= 4 is 0 Å². The van der Waals surface area contributed by atoms with Gasteiger partial charge in [0.2, 0.25) is 0 Å². The summed E-state index contributed by atoms with van der Waals surface area (Å²) in [5.41, 5.74) is 0.466. The highest BCUT2D eigenvalue weighted by molar-refractivity contribution is 5.23. The Morgan fingerprint density at radius 1 is 1.70 bits per heavy atom. The van der Waals surface area contributed by atoms with Crippen molar-refractivity contribution in [1.29, 1.82) is 0 Å². The third kappa shape index (κ3) is 0.865. The normalized spacial score (nSPS) is 31.5. The first-order valence-corrected chi connectivity index (χ1v) is 3.18. The van der Waals surface area contributed by atoms with E-state index in [0.29, 0.717) is 6.61 Å². The van der Waals surface area contributed by atoms with E-state index >= 15 is 0 Å². The second-order valence-corrected chi connectivity index (χ2v) is 2.70. The van der Waals surface area contributed by atoms with E-state index in [1.807, 2.05) is 13.8 Å². The van der Waals surface area contributed by atoms with E-state index in [-0.39, 0.29) is 5.95 Å². The Morgan fingerprint density at radius 2 is 2.30 bits per heavy atom. The SMILES string of the molecule is COCC1(C)OC(O)=C1C. The summed E-state index contributed by atoms with van der Waals surface area (Å²) in [4.78, 5) is 0. The standard InChI is InChI=1S/C7H12O3/c1-5-6(8)10-7(5,2)4-9-3/h8H,4H2,1-3H3. The van der Waals surface area contributed by atoms with E-state index < -0.39 is 5.60 Å². The molecule has 0 spiro atoms. The van der Waals surface area contributed by atoms with Gasteiger partial charge in [-0.2, -0.15) is 0 Å². The number of aliphatic hydroxyl groups is 1. The van der Waals surface area contributed by atoms with Crippen LogP contribution >= 0.6 is 0 Å². The average Bonchev–Trinajstić information content (AvgIpc) is 1.88. The molecule has 58 valence electrons. The first kappa shape index (κ1) is 7.41. The number of aliphatic hydroxyl groups excluding tert-OH is 1. The van der Waals surface area contributed by atoms with Crippen LogP contribution in [0.3, 0.4) is 0 Å². The number of rotatable bonds is 2. The van der Waals surface area contributed by atoms with E-state index in [9.17, 15) is 0 Å². The van der Waals surface area contributed by atoms with Crippen LogP contribution < -0.4 is 0 Å². The van der Waals surface area contributed by atoms with Crippen molar-refractivity contribution in [3.05, 3.63) is 11.5 Å². The van der Waals surface area contributed by atoms with Crippen molar-refractivity contribution in [3.63, 3.8) is 0 Å². The quantitative estimate of drug-likeness (QED) is 0.633. The lowest BCUT2D eigenvalue weighted by atomic mass is 9.94. The summed E-state index contributed by atoms with van der Waals surface area (Å²) in [5, 5.41) is 8.88. The first-order chi connectivity index (χ1) is 4.60. The van der Waals surface area contributed by atoms with Crippen LogP contribution in [0.1, 0.15) is 13.8 Å². The maximum atomic E-state index is 8.88. The molecule has 3 heteroatoms. The molecule has 3 nitrogen and oxygen atoms in total. The Morgan fingerprint density at radius 3 is 2.60 bits per heavy atom. The lowest BCUT2D eigenvalue weighted by Crippen LogP contribution is -2.43. The third-order valence-electron chi connectivity index (χ3n) is 1.86. The van der Waals surface area contributed by atoms with Gasteiger partial charge in [0.25, 0.3) is 5.95 Å². The van der Waals surface area contributed by atoms with Gasteiger partial charge in [0.05, 0.1) is 12.2 Å². The predicted octanol–water partition coefficient (Wildman–Crippen LogP) is 1.21. The van der Waals surface area contributed by atoms with Gasteiger partial charge < -0.3 is 14.6 Å². The van der Waals surface area contributed by atoms with Gasteiger partial charge in [0.15, 0.2) is 5.60 Å². The van der Waals surface area contributed by atoms with Gasteiger partial charge >= 0.3 is 0 Å². The van der Waals surface area contributed by atoms with Crippen molar-refractivity contribution in [2.24, 2.45) is 0 Å². The molecule has 0 aromatic carbocycles. The van der Waals surface area contributed by atoms with Gasteiger partial charge in [-0.25, -0.2) is 0 Å². The molecule has 0 aliphatic carbocycles. The number of hydrogen-bond donors (Lipinski definition) is 1. The van der Waals surface area contributed by atoms with Gasteiger partial charge in [-0.3, -0.25) is 0 Å². The summed E-state index contributed by atoms with van der Waals surface area (Å²) >= 11 is 0. The van der Waals surface area contributed by atoms with Crippen molar-refractivity contribution in [1.82, 2.24) is 0 Å². The van der Waals surface area contributed by atoms with Crippen molar-refractivity contribution < 1.29 is 14.6 Å². The summed E-state index contributed by atoms with van der Waals surface area (Å²) < 4.78 is 9.89. The van der Waals surface area contributed by atoms with Crippen molar-refractivity contribution in [2.45, 2.75) is 19.4 Å². The molecule has 1 atom stereocenters. The molecule has 0 saturated carbocycles. The second-order valence-electron chi connectivity index (χ2n) is 2.70. The molecule has 0 fully saturated rings. The second kappa shape index (κ2) is 2.16. The Bertz CT molecular complexity index is 174. The van der Waals surface area contributed by atoms with Gasteiger partial charge in [-0.05, 0) is 13.8 Å². The molecule has 10 heavy (non-hydrogen) atoms. The van der Waals surface area contributed by atoms with Gasteiger partial charge in [0, 0.05) is 7.11 Å². The van der Waals surface area contributed by atoms with Crippen LogP contribution in [0.2, 0.25) is 0 Å². The smallest absolute Gasteiger partial charge is 0.280 e. The molecule has 1 aliphatic heterocycles. The van der Waals surface area contributed by atoms with E-state index in [4.69, 9.17) is 14.6 Å². The highest BCUT2D eigenvalue weighted by Crippen LogP contribution is 2.35. The largest absolute Gasteiger partial charge is 0.481 e. The molecule has 1 unspecified atom stereocenters. The summed E-state index contributed by atoms with van der Waals surface area (Å²) in [6, 6.07) is 0. The first-order valence-electron chi connectivity index (χ1n) is 3.18. The zero-order valence-corrected chi connectivity index (χ0v) is 6.47. The molecule has 1 heterocycles. The molecular formula is C7H12O3. The summed E-state index contributed by atoms with van der Waals surface area (Å²) in [7, 11) is 1.61. The fourth-order valence-corrected chi connectivity index (χ4v) is 0.959. The van der Waals surface area contributed by atoms with Crippen molar-refractivity contribution in [3.8, 4) is 0 Å². The minimum Gasteiger partial charge on any atom is -0.481 e. The van der Waals surface area contributed by atoms with E-state index in [2.05, 4.69) is 0 Å². The summed E-state index contributed by atoms with van der Waals surface area (Å²) in [6.45, 7) is 4.20. The highest BCUT2D eigenvalue weighted by atomic mass is 16.6. The summed E-state index contributed by atoms with van der Waals surface area (Å²) in [6.07, 6.45) is 0. The van der Waals surface area contributed by atoms with Crippen LogP contribution in [-0.2, 0) is 9.47 Å². The van der Waals surface area contributed by atoms with E-state index in [0.717, 1.165) is 5.57 Å². The monoisotopic (exact) mass is 144 g/mol. The number of ether oxygens (including phenoxy) is 2. The van der Waals surface area contributed by atoms with Crippen LogP contribution in [0.25, 0.3) is 0 Å². The molecule has 1 aliphatic rings. The maximum Gasteiger partial charge on any atom is 0.280 e. The van der Waals surface area contributed by atoms with Crippen LogP contribution in [0.4, 0.5) is 0 Å². The minimum atomic E-state index is -0.390. The molecular weight excluding hydrogens is 132 g/mol. The lowest BCUT2D eigenvalue weighted by Gasteiger charge is -2.38. The van der Waals surface area contributed by atoms with Crippen LogP contribution in [0.15, 0.2) is 11.5 Å². The summed E-state index contributed by atoms with van der Waals surface area (Å²) in [5.74, 6) is 0.0413. The lowest BCUT2D eigenvalue weighted by molar-refractivity contribution is -0.108. The molecule has 0 saturated heterocycles. The molecule has 0 aromatic rings. The zero-order chi connectivity index (χ0) is 7.78. The predicted molar refractivity (Wildman–Crippen MR) is 36.7 cm³/mol. The van der Waals surface area contributed by atoms with Crippen molar-refractivity contribution in [2.75, 3.05) is 13.7 Å². The number of hydrogen-bond acceptors (Lipinski definition) is 3. The minimum absolute atomic E-state index is 0.0413. The molecule has 0 amide bonds. The van der Waals surface area contributed by atoms with Crippen LogP contribution in [0.5, 0.6) is 0 Å². The average molecular weight is 144 g/mol. The Labute approximate surface area is 60.3 Å². The highest BCUT2D eigenvalue weighted by Gasteiger charge is 2.41. The molecule has 0 bridgehead atoms. The number of methoxy groups -OCH3 is 1. The third-order valence-corrected chi connectivity index (χ3v) is 1.86. The van der Waals surface area contributed by atoms with Gasteiger partial charge in [-0.1, -0.05) is 0 Å². The molecule has 1 rings (SSSR count). The Hall–Kier alpha value is -0.700. The van der Waals surface area contributed by atoms with Crippen LogP contribution in [0, 0.1) is 0 Å². The molecule has 0 aromatic heterocycles.